The second-order valence-electron chi connectivity index (χ2n) is 3.61. The molecule has 2 heterocycles. The number of hydrogen-bond acceptors (Lipinski definition) is 4. The molecule has 0 bridgehead atoms. The van der Waals surface area contributed by atoms with E-state index in [-0.39, 0.29) is 0 Å². The van der Waals surface area contributed by atoms with Gasteiger partial charge in [0.25, 0.3) is 0 Å². The van der Waals surface area contributed by atoms with Gasteiger partial charge < -0.3 is 4.57 Å². The van der Waals surface area contributed by atoms with Gasteiger partial charge in [0.1, 0.15) is 4.21 Å². The fourth-order valence-electron chi connectivity index (χ4n) is 1.40. The minimum Gasteiger partial charge on any atom is -0.340 e. The molecule has 5 nitrogen and oxygen atoms in total. The second-order valence-corrected chi connectivity index (χ2v) is 6.55. The molecule has 0 radical (unpaired) electrons. The Morgan fingerprint density at radius 2 is 2.35 bits per heavy atom. The SMILES string of the molecule is Cn1cnc(CCNS(=O)(=O)c2cccs2)c1. The highest BCUT2D eigenvalue weighted by Gasteiger charge is 2.13. The van der Waals surface area contributed by atoms with Crippen molar-refractivity contribution in [2.75, 3.05) is 6.54 Å². The van der Waals surface area contributed by atoms with E-state index in [0.29, 0.717) is 17.2 Å². The van der Waals surface area contributed by atoms with E-state index in [9.17, 15) is 8.42 Å². The van der Waals surface area contributed by atoms with Crippen molar-refractivity contribution in [2.45, 2.75) is 10.6 Å². The van der Waals surface area contributed by atoms with Gasteiger partial charge >= 0.3 is 0 Å². The summed E-state index contributed by atoms with van der Waals surface area (Å²) in [6, 6.07) is 3.31. The zero-order chi connectivity index (χ0) is 12.3. The zero-order valence-electron chi connectivity index (χ0n) is 9.33. The highest BCUT2D eigenvalue weighted by Crippen LogP contribution is 2.14. The quantitative estimate of drug-likeness (QED) is 0.882. The Balaban J connectivity index is 1.91. The highest BCUT2D eigenvalue weighted by molar-refractivity contribution is 7.91. The van der Waals surface area contributed by atoms with E-state index in [4.69, 9.17) is 0 Å². The first-order chi connectivity index (χ1) is 8.08. The monoisotopic (exact) mass is 271 g/mol. The topological polar surface area (TPSA) is 64.0 Å². The fourth-order valence-corrected chi connectivity index (χ4v) is 3.47. The van der Waals surface area contributed by atoms with Crippen LogP contribution >= 0.6 is 11.3 Å². The molecular formula is C10H13N3O2S2. The molecule has 1 N–H and O–H groups in total. The van der Waals surface area contributed by atoms with E-state index in [1.807, 2.05) is 17.8 Å². The number of nitrogens with zero attached hydrogens (tertiary/aromatic N) is 2. The lowest BCUT2D eigenvalue weighted by molar-refractivity contribution is 0.583. The van der Waals surface area contributed by atoms with Gasteiger partial charge in [-0.15, -0.1) is 11.3 Å². The van der Waals surface area contributed by atoms with Gasteiger partial charge in [-0.2, -0.15) is 0 Å². The van der Waals surface area contributed by atoms with Gasteiger partial charge in [-0.1, -0.05) is 6.07 Å². The summed E-state index contributed by atoms with van der Waals surface area (Å²) in [4.78, 5) is 4.13. The van der Waals surface area contributed by atoms with Gasteiger partial charge in [0.2, 0.25) is 10.0 Å². The summed E-state index contributed by atoms with van der Waals surface area (Å²) in [7, 11) is -1.47. The van der Waals surface area contributed by atoms with Gasteiger partial charge in [-0.05, 0) is 11.4 Å². The van der Waals surface area contributed by atoms with E-state index in [2.05, 4.69) is 9.71 Å². The van der Waals surface area contributed by atoms with E-state index in [0.717, 1.165) is 5.69 Å². The first kappa shape index (κ1) is 12.3. The summed E-state index contributed by atoms with van der Waals surface area (Å²) >= 11 is 1.21. The minimum atomic E-state index is -3.35. The highest BCUT2D eigenvalue weighted by atomic mass is 32.2. The Morgan fingerprint density at radius 1 is 1.53 bits per heavy atom. The molecule has 0 unspecified atom stereocenters. The molecule has 0 spiro atoms. The predicted octanol–water partition coefficient (Wildman–Crippen LogP) is 1.00. The van der Waals surface area contributed by atoms with Crippen molar-refractivity contribution in [1.82, 2.24) is 14.3 Å². The standard InChI is InChI=1S/C10H13N3O2S2/c1-13-7-9(11-8-13)4-5-12-17(14,15)10-3-2-6-16-10/h2-3,6-8,12H,4-5H2,1H3. The lowest BCUT2D eigenvalue weighted by Crippen LogP contribution is -2.25. The Morgan fingerprint density at radius 3 is 2.94 bits per heavy atom. The molecule has 0 aliphatic rings. The molecule has 0 atom stereocenters. The van der Waals surface area contributed by atoms with Gasteiger partial charge in [0.15, 0.2) is 0 Å². The van der Waals surface area contributed by atoms with Crippen molar-refractivity contribution in [3.63, 3.8) is 0 Å². The van der Waals surface area contributed by atoms with Crippen LogP contribution in [0, 0.1) is 0 Å². The van der Waals surface area contributed by atoms with Crippen LogP contribution in [0.2, 0.25) is 0 Å². The molecule has 92 valence electrons. The molecule has 0 saturated carbocycles. The molecule has 0 aliphatic heterocycles. The molecule has 0 aliphatic carbocycles. The summed E-state index contributed by atoms with van der Waals surface area (Å²) in [5.41, 5.74) is 0.876. The van der Waals surface area contributed by atoms with Crippen LogP contribution in [-0.4, -0.2) is 24.5 Å². The lowest BCUT2D eigenvalue weighted by Gasteiger charge is -2.02. The Bertz CT molecular complexity index is 572. The number of imidazole rings is 1. The van der Waals surface area contributed by atoms with Crippen LogP contribution in [0.25, 0.3) is 0 Å². The van der Waals surface area contributed by atoms with Crippen LogP contribution in [0.15, 0.2) is 34.2 Å². The van der Waals surface area contributed by atoms with Crippen LogP contribution in [0.3, 0.4) is 0 Å². The number of rotatable bonds is 5. The van der Waals surface area contributed by atoms with Gasteiger partial charge in [0, 0.05) is 26.2 Å². The van der Waals surface area contributed by atoms with Crippen LogP contribution in [0.5, 0.6) is 0 Å². The van der Waals surface area contributed by atoms with Crippen LogP contribution in [0.4, 0.5) is 0 Å². The molecule has 17 heavy (non-hydrogen) atoms. The third kappa shape index (κ3) is 3.15. The van der Waals surface area contributed by atoms with Crippen molar-refractivity contribution in [2.24, 2.45) is 7.05 Å². The molecular weight excluding hydrogens is 258 g/mol. The van der Waals surface area contributed by atoms with E-state index >= 15 is 0 Å². The largest absolute Gasteiger partial charge is 0.340 e. The van der Waals surface area contributed by atoms with Crippen molar-refractivity contribution in [3.8, 4) is 0 Å². The average Bonchev–Trinajstić information content (AvgIpc) is 2.89. The summed E-state index contributed by atoms with van der Waals surface area (Å²) < 4.78 is 28.3. The van der Waals surface area contributed by atoms with Crippen molar-refractivity contribution in [3.05, 3.63) is 35.7 Å². The number of aryl methyl sites for hydroxylation is 1. The zero-order valence-corrected chi connectivity index (χ0v) is 11.0. The smallest absolute Gasteiger partial charge is 0.250 e. The third-order valence-electron chi connectivity index (χ3n) is 2.19. The average molecular weight is 271 g/mol. The second kappa shape index (κ2) is 4.99. The molecule has 7 heteroatoms. The van der Waals surface area contributed by atoms with Crippen LogP contribution in [-0.2, 0) is 23.5 Å². The number of aromatic nitrogens is 2. The molecule has 2 aromatic rings. The fraction of sp³-hybridized carbons (Fsp3) is 0.300. The maximum atomic E-state index is 11.8. The van der Waals surface area contributed by atoms with E-state index in [1.54, 1.807) is 23.8 Å². The molecule has 0 amide bonds. The summed E-state index contributed by atoms with van der Waals surface area (Å²) in [5.74, 6) is 0. The van der Waals surface area contributed by atoms with Crippen molar-refractivity contribution >= 4 is 21.4 Å². The Kier molecular flexibility index (Phi) is 3.60. The normalized spacial score (nSPS) is 11.8. The molecule has 2 aromatic heterocycles. The predicted molar refractivity (Wildman–Crippen MR) is 66.4 cm³/mol. The maximum Gasteiger partial charge on any atom is 0.250 e. The van der Waals surface area contributed by atoms with E-state index < -0.39 is 10.0 Å². The first-order valence-electron chi connectivity index (χ1n) is 5.08. The summed E-state index contributed by atoms with van der Waals surface area (Å²) in [5, 5.41) is 1.74. The van der Waals surface area contributed by atoms with Crippen molar-refractivity contribution < 1.29 is 8.42 Å². The molecule has 0 saturated heterocycles. The van der Waals surface area contributed by atoms with Crippen LogP contribution < -0.4 is 4.72 Å². The van der Waals surface area contributed by atoms with Gasteiger partial charge in [-0.25, -0.2) is 18.1 Å². The van der Waals surface area contributed by atoms with Crippen LogP contribution in [0.1, 0.15) is 5.69 Å². The lowest BCUT2D eigenvalue weighted by atomic mass is 10.3. The van der Waals surface area contributed by atoms with E-state index in [1.165, 1.54) is 11.3 Å². The van der Waals surface area contributed by atoms with Gasteiger partial charge in [0.05, 0.1) is 12.0 Å². The minimum absolute atomic E-state index is 0.346. The van der Waals surface area contributed by atoms with Crippen molar-refractivity contribution in [1.29, 1.82) is 0 Å². The number of hydrogen-bond donors (Lipinski definition) is 1. The molecule has 0 fully saturated rings. The maximum absolute atomic E-state index is 11.8. The number of thiophene rings is 1. The summed E-state index contributed by atoms with van der Waals surface area (Å²) in [6.45, 7) is 0.358. The summed E-state index contributed by atoms with van der Waals surface area (Å²) in [6.07, 6.45) is 4.16. The number of nitrogens with one attached hydrogen (secondary N) is 1. The molecule has 2 rings (SSSR count). The number of sulfonamides is 1. The molecule has 0 aromatic carbocycles. The Labute approximate surface area is 104 Å². The Hall–Kier alpha value is -1.18. The third-order valence-corrected chi connectivity index (χ3v) is 5.05. The van der Waals surface area contributed by atoms with Gasteiger partial charge in [-0.3, -0.25) is 0 Å². The first-order valence-corrected chi connectivity index (χ1v) is 7.44.